The Morgan fingerprint density at radius 2 is 1.89 bits per heavy atom. The van der Waals surface area contributed by atoms with E-state index in [-0.39, 0.29) is 35.4 Å². The van der Waals surface area contributed by atoms with E-state index in [9.17, 15) is 16.8 Å². The van der Waals surface area contributed by atoms with E-state index < -0.39 is 30.3 Å². The van der Waals surface area contributed by atoms with E-state index >= 15 is 0 Å². The maximum Gasteiger partial charge on any atom is 0.247 e. The van der Waals surface area contributed by atoms with Crippen molar-refractivity contribution in [1.29, 1.82) is 0 Å². The first-order valence-corrected chi connectivity index (χ1v) is 14.6. The highest BCUT2D eigenvalue weighted by Gasteiger charge is 2.34. The Labute approximate surface area is 216 Å². The second kappa shape index (κ2) is 11.7. The van der Waals surface area contributed by atoms with Gasteiger partial charge >= 0.3 is 0 Å². The summed E-state index contributed by atoms with van der Waals surface area (Å²) in [6.45, 7) is -0.00253. The molecule has 0 bridgehead atoms. The van der Waals surface area contributed by atoms with E-state index in [1.54, 1.807) is 18.2 Å². The molecular weight excluding hydrogens is 592 g/mol. The minimum absolute atomic E-state index is 0.102. The standard InChI is InChI=1S/C19H24BrClN4O8S2/c20-3-1-2-4-32-15-6-13(5-14(7-15)11-33-25(26)27)10-24-12-23-17-8-16(21)18(34(22,28)29)9-19(17)35(24,30)31/h5-9,23,26-27H,1-4,10-12H2,(H2,22,28,29). The molecule has 0 saturated carbocycles. The van der Waals surface area contributed by atoms with Crippen LogP contribution in [-0.2, 0) is 38.0 Å². The van der Waals surface area contributed by atoms with Crippen LogP contribution in [0.1, 0.15) is 24.0 Å². The zero-order valence-electron chi connectivity index (χ0n) is 18.2. The van der Waals surface area contributed by atoms with Crippen molar-refractivity contribution in [2.24, 2.45) is 5.14 Å². The van der Waals surface area contributed by atoms with Gasteiger partial charge in [-0.05, 0) is 48.2 Å². The normalized spacial score (nSPS) is 15.6. The molecule has 5 N–H and O–H groups in total. The number of fused-ring (bicyclic) bond motifs is 1. The van der Waals surface area contributed by atoms with Crippen LogP contribution in [0.25, 0.3) is 0 Å². The molecule has 0 atom stereocenters. The molecule has 12 nitrogen and oxygen atoms in total. The molecule has 0 aromatic heterocycles. The summed E-state index contributed by atoms with van der Waals surface area (Å²) in [7, 11) is -8.38. The summed E-state index contributed by atoms with van der Waals surface area (Å²) < 4.78 is 57.1. The molecule has 1 aliphatic heterocycles. The number of unbranched alkanes of at least 4 members (excludes halogenated alkanes) is 1. The van der Waals surface area contributed by atoms with Gasteiger partial charge in [0.25, 0.3) is 0 Å². The number of primary sulfonamides is 1. The summed E-state index contributed by atoms with van der Waals surface area (Å²) >= 11 is 9.33. The van der Waals surface area contributed by atoms with Crippen LogP contribution >= 0.6 is 27.5 Å². The van der Waals surface area contributed by atoms with Crippen molar-refractivity contribution in [2.45, 2.75) is 35.8 Å². The highest BCUT2D eigenvalue weighted by molar-refractivity contribution is 9.09. The Bertz CT molecular complexity index is 1280. The lowest BCUT2D eigenvalue weighted by molar-refractivity contribution is -0.497. The smallest absolute Gasteiger partial charge is 0.247 e. The predicted molar refractivity (Wildman–Crippen MR) is 129 cm³/mol. The van der Waals surface area contributed by atoms with E-state index in [1.165, 1.54) is 6.07 Å². The summed E-state index contributed by atoms with van der Waals surface area (Å²) in [6, 6.07) is 7.06. The number of sulfonamides is 2. The second-order valence-corrected chi connectivity index (χ2v) is 12.2. The molecule has 16 heteroatoms. The number of rotatable bonds is 11. The molecular formula is C19H24BrClN4O8S2. The van der Waals surface area contributed by atoms with Crippen LogP contribution in [-0.4, -0.2) is 55.6 Å². The van der Waals surface area contributed by atoms with Crippen LogP contribution in [0.2, 0.25) is 5.02 Å². The minimum atomic E-state index is -4.25. The van der Waals surface area contributed by atoms with Crippen molar-refractivity contribution in [3.8, 4) is 5.75 Å². The second-order valence-electron chi connectivity index (χ2n) is 7.53. The van der Waals surface area contributed by atoms with Crippen LogP contribution in [0, 0.1) is 0 Å². The molecule has 0 saturated heterocycles. The van der Waals surface area contributed by atoms with Gasteiger partial charge in [-0.3, -0.25) is 10.4 Å². The number of hydrogen-bond acceptors (Lipinski definition) is 10. The van der Waals surface area contributed by atoms with Gasteiger partial charge in [-0.15, -0.1) is 0 Å². The topological polar surface area (TPSA) is 172 Å². The van der Waals surface area contributed by atoms with Gasteiger partial charge in [0.1, 0.15) is 15.5 Å². The largest absolute Gasteiger partial charge is 0.494 e. The minimum Gasteiger partial charge on any atom is -0.494 e. The number of hydrogen-bond donors (Lipinski definition) is 4. The molecule has 194 valence electrons. The summed E-state index contributed by atoms with van der Waals surface area (Å²) in [5.41, 5.74) is 1.18. The molecule has 3 rings (SSSR count). The van der Waals surface area contributed by atoms with Crippen LogP contribution in [0.4, 0.5) is 5.69 Å². The van der Waals surface area contributed by atoms with Crippen molar-refractivity contribution in [3.63, 3.8) is 0 Å². The molecule has 0 unspecified atom stereocenters. The number of anilines is 1. The molecule has 0 spiro atoms. The number of nitrogens with one attached hydrogen (secondary N) is 1. The van der Waals surface area contributed by atoms with Gasteiger partial charge in [-0.1, -0.05) is 33.6 Å². The SMILES string of the molecule is NS(=O)(=O)c1cc2c(cc1Cl)NCN(Cc1cc(CON(O)O)cc(OCCCCBr)c1)S2(=O)=O. The third-order valence-electron chi connectivity index (χ3n) is 4.93. The first kappa shape index (κ1) is 28.0. The molecule has 2 aromatic rings. The van der Waals surface area contributed by atoms with Crippen LogP contribution < -0.4 is 15.2 Å². The molecule has 0 radical (unpaired) electrons. The highest BCUT2D eigenvalue weighted by Crippen LogP contribution is 2.36. The number of nitrogens with two attached hydrogens (primary N) is 1. The lowest BCUT2D eigenvalue weighted by atomic mass is 10.1. The summed E-state index contributed by atoms with van der Waals surface area (Å²) in [4.78, 5) is 3.89. The first-order valence-electron chi connectivity index (χ1n) is 10.1. The van der Waals surface area contributed by atoms with Gasteiger partial charge < -0.3 is 10.1 Å². The Balaban J connectivity index is 1.90. The van der Waals surface area contributed by atoms with E-state index in [0.717, 1.165) is 28.5 Å². The Morgan fingerprint density at radius 3 is 2.54 bits per heavy atom. The molecule has 0 amide bonds. The Hall–Kier alpha value is -1.53. The zero-order chi connectivity index (χ0) is 25.8. The lowest BCUT2D eigenvalue weighted by Crippen LogP contribution is -2.39. The van der Waals surface area contributed by atoms with Gasteiger partial charge in [0.15, 0.2) is 0 Å². The molecule has 0 aliphatic carbocycles. The highest BCUT2D eigenvalue weighted by atomic mass is 79.9. The van der Waals surface area contributed by atoms with E-state index in [1.807, 2.05) is 0 Å². The predicted octanol–water partition coefficient (Wildman–Crippen LogP) is 2.63. The number of halogens is 2. The van der Waals surface area contributed by atoms with Crippen molar-refractivity contribution in [1.82, 2.24) is 9.70 Å². The van der Waals surface area contributed by atoms with Crippen LogP contribution in [0.5, 0.6) is 5.75 Å². The summed E-state index contributed by atoms with van der Waals surface area (Å²) in [5, 5.41) is 26.0. The van der Waals surface area contributed by atoms with Crippen LogP contribution in [0.15, 0.2) is 40.1 Å². The van der Waals surface area contributed by atoms with E-state index in [2.05, 4.69) is 26.1 Å². The van der Waals surface area contributed by atoms with Crippen molar-refractivity contribution in [2.75, 3.05) is 23.9 Å². The van der Waals surface area contributed by atoms with Crippen LogP contribution in [0.3, 0.4) is 0 Å². The van der Waals surface area contributed by atoms with Gasteiger partial charge in [0.2, 0.25) is 20.0 Å². The number of alkyl halides is 1. The Morgan fingerprint density at radius 1 is 1.17 bits per heavy atom. The summed E-state index contributed by atoms with van der Waals surface area (Å²) in [6.07, 6.45) is 1.69. The summed E-state index contributed by atoms with van der Waals surface area (Å²) in [5.74, 6) is 0.448. The molecule has 1 heterocycles. The van der Waals surface area contributed by atoms with Gasteiger partial charge in [0, 0.05) is 11.9 Å². The van der Waals surface area contributed by atoms with Gasteiger partial charge in [-0.25, -0.2) is 26.8 Å². The third-order valence-corrected chi connectivity index (χ3v) is 8.70. The third kappa shape index (κ3) is 7.25. The Kier molecular flexibility index (Phi) is 9.36. The van der Waals surface area contributed by atoms with Crippen molar-refractivity contribution < 1.29 is 36.8 Å². The lowest BCUT2D eigenvalue weighted by Gasteiger charge is -2.30. The zero-order valence-corrected chi connectivity index (χ0v) is 22.2. The fourth-order valence-corrected chi connectivity index (χ4v) is 6.43. The molecule has 0 fully saturated rings. The van der Waals surface area contributed by atoms with Crippen molar-refractivity contribution in [3.05, 3.63) is 46.5 Å². The van der Waals surface area contributed by atoms with Gasteiger partial charge in [0.05, 0.1) is 36.0 Å². The number of nitrogens with zero attached hydrogens (tertiary/aromatic N) is 2. The van der Waals surface area contributed by atoms with E-state index in [4.69, 9.17) is 31.9 Å². The quantitative estimate of drug-likeness (QED) is 0.167. The number of ether oxygens (including phenoxy) is 1. The van der Waals surface area contributed by atoms with E-state index in [0.29, 0.717) is 23.5 Å². The number of benzene rings is 2. The average Bonchev–Trinajstić information content (AvgIpc) is 2.76. The maximum atomic E-state index is 13.3. The fraction of sp³-hybridized carbons (Fsp3) is 0.368. The molecule has 35 heavy (non-hydrogen) atoms. The average molecular weight is 616 g/mol. The maximum absolute atomic E-state index is 13.3. The monoisotopic (exact) mass is 614 g/mol. The fourth-order valence-electron chi connectivity index (χ4n) is 3.35. The van der Waals surface area contributed by atoms with Gasteiger partial charge in [-0.2, -0.15) is 4.31 Å². The van der Waals surface area contributed by atoms with Crippen molar-refractivity contribution >= 4 is 53.3 Å². The first-order chi connectivity index (χ1) is 16.4. The molecule has 2 aromatic carbocycles. The molecule has 1 aliphatic rings.